The fraction of sp³-hybridized carbons (Fsp3) is 0.600. The van der Waals surface area contributed by atoms with Crippen molar-refractivity contribution in [2.24, 2.45) is 0 Å². The monoisotopic (exact) mass is 264 g/mol. The maximum atomic E-state index is 11.5. The Hall–Kier alpha value is -0.580. The number of ether oxygens (including phenoxy) is 1. The smallest absolute Gasteiger partial charge is 0.287 e. The molecule has 1 aromatic heterocycles. The summed E-state index contributed by atoms with van der Waals surface area (Å²) in [7, 11) is 0. The maximum absolute atomic E-state index is 11.5. The molecule has 0 atom stereocenters. The van der Waals surface area contributed by atoms with Gasteiger partial charge in [0.05, 0.1) is 24.4 Å². The average Bonchev–Trinajstić information content (AvgIpc) is 2.28. The second-order valence-electron chi connectivity index (χ2n) is 3.30. The predicted molar refractivity (Wildman–Crippen MR) is 64.2 cm³/mol. The fourth-order valence-corrected chi connectivity index (χ4v) is 1.37. The summed E-state index contributed by atoms with van der Waals surface area (Å²) in [6, 6.07) is 0. The lowest BCUT2D eigenvalue weighted by Crippen LogP contribution is -2.25. The van der Waals surface area contributed by atoms with Gasteiger partial charge in [-0.15, -0.1) is 0 Å². The maximum Gasteiger partial charge on any atom is 0.287 e. The van der Waals surface area contributed by atoms with Crippen molar-refractivity contribution in [1.29, 1.82) is 0 Å². The van der Waals surface area contributed by atoms with Crippen LogP contribution in [0.3, 0.4) is 0 Å². The third kappa shape index (κ3) is 3.77. The molecule has 4 nitrogen and oxygen atoms in total. The standard InChI is InChI=1S/C10H14Cl2N2O2/c1-2-3-5-16-6-4-14-10(15)9(12)8(11)7-13-14/h7H,2-6H2,1H3. The molecule has 1 rings (SSSR count). The first-order chi connectivity index (χ1) is 7.66. The van der Waals surface area contributed by atoms with Crippen molar-refractivity contribution in [3.05, 3.63) is 26.6 Å². The van der Waals surface area contributed by atoms with Crippen LogP contribution in [0.15, 0.2) is 11.0 Å². The van der Waals surface area contributed by atoms with Gasteiger partial charge in [0.15, 0.2) is 0 Å². The Balaban J connectivity index is 2.49. The van der Waals surface area contributed by atoms with E-state index in [4.69, 9.17) is 27.9 Å². The molecule has 0 fully saturated rings. The second kappa shape index (κ2) is 6.89. The van der Waals surface area contributed by atoms with Gasteiger partial charge in [-0.25, -0.2) is 4.68 Å². The van der Waals surface area contributed by atoms with Gasteiger partial charge in [-0.1, -0.05) is 36.5 Å². The number of halogens is 2. The van der Waals surface area contributed by atoms with E-state index in [1.165, 1.54) is 10.9 Å². The molecule has 1 aromatic rings. The first-order valence-corrected chi connectivity index (χ1v) is 5.91. The first kappa shape index (κ1) is 13.5. The Bertz CT molecular complexity index is 393. The van der Waals surface area contributed by atoms with Crippen molar-refractivity contribution < 1.29 is 4.74 Å². The summed E-state index contributed by atoms with van der Waals surface area (Å²) in [4.78, 5) is 11.5. The molecule has 0 aliphatic rings. The highest BCUT2D eigenvalue weighted by atomic mass is 35.5. The van der Waals surface area contributed by atoms with E-state index in [0.717, 1.165) is 12.8 Å². The van der Waals surface area contributed by atoms with Crippen molar-refractivity contribution in [3.63, 3.8) is 0 Å². The number of unbranched alkanes of at least 4 members (excludes halogenated alkanes) is 1. The summed E-state index contributed by atoms with van der Waals surface area (Å²) < 4.78 is 6.58. The quantitative estimate of drug-likeness (QED) is 0.742. The third-order valence-electron chi connectivity index (χ3n) is 2.03. The van der Waals surface area contributed by atoms with Gasteiger partial charge in [0.1, 0.15) is 5.02 Å². The summed E-state index contributed by atoms with van der Waals surface area (Å²) in [5.74, 6) is 0. The van der Waals surface area contributed by atoms with Crippen molar-refractivity contribution in [2.75, 3.05) is 13.2 Å². The van der Waals surface area contributed by atoms with E-state index in [1.807, 2.05) is 0 Å². The van der Waals surface area contributed by atoms with Crippen LogP contribution in [0.25, 0.3) is 0 Å². The highest BCUT2D eigenvalue weighted by Crippen LogP contribution is 2.14. The first-order valence-electron chi connectivity index (χ1n) is 5.15. The van der Waals surface area contributed by atoms with E-state index >= 15 is 0 Å². The molecule has 0 radical (unpaired) electrons. The van der Waals surface area contributed by atoms with Crippen LogP contribution in [0.2, 0.25) is 10.0 Å². The highest BCUT2D eigenvalue weighted by molar-refractivity contribution is 6.41. The van der Waals surface area contributed by atoms with Crippen molar-refractivity contribution in [1.82, 2.24) is 9.78 Å². The van der Waals surface area contributed by atoms with Gasteiger partial charge in [-0.3, -0.25) is 4.79 Å². The molecule has 0 saturated heterocycles. The predicted octanol–water partition coefficient (Wildman–Crippen LogP) is 2.37. The zero-order valence-electron chi connectivity index (χ0n) is 9.08. The van der Waals surface area contributed by atoms with Crippen LogP contribution in [-0.4, -0.2) is 23.0 Å². The second-order valence-corrected chi connectivity index (χ2v) is 4.09. The molecule has 6 heteroatoms. The van der Waals surface area contributed by atoms with Crippen molar-refractivity contribution in [2.45, 2.75) is 26.3 Å². The van der Waals surface area contributed by atoms with Crippen molar-refractivity contribution >= 4 is 23.2 Å². The third-order valence-corrected chi connectivity index (χ3v) is 2.78. The van der Waals surface area contributed by atoms with Crippen LogP contribution < -0.4 is 5.56 Å². The molecule has 0 aromatic carbocycles. The Morgan fingerprint density at radius 1 is 1.44 bits per heavy atom. The zero-order valence-corrected chi connectivity index (χ0v) is 10.6. The van der Waals surface area contributed by atoms with Crippen LogP contribution in [0.4, 0.5) is 0 Å². The molecule has 0 spiro atoms. The zero-order chi connectivity index (χ0) is 12.0. The molecule has 90 valence electrons. The van der Waals surface area contributed by atoms with Crippen LogP contribution in [0, 0.1) is 0 Å². The van der Waals surface area contributed by atoms with E-state index in [9.17, 15) is 4.79 Å². The minimum Gasteiger partial charge on any atom is -0.380 e. The fourth-order valence-electron chi connectivity index (χ4n) is 1.10. The molecule has 0 N–H and O–H groups in total. The van der Waals surface area contributed by atoms with E-state index in [1.54, 1.807) is 0 Å². The number of rotatable bonds is 6. The molecule has 0 aliphatic carbocycles. The molecule has 1 heterocycles. The van der Waals surface area contributed by atoms with Gasteiger partial charge in [0.25, 0.3) is 5.56 Å². The Labute approximate surface area is 104 Å². The summed E-state index contributed by atoms with van der Waals surface area (Å²) in [6.07, 6.45) is 3.46. The van der Waals surface area contributed by atoms with E-state index in [2.05, 4.69) is 12.0 Å². The van der Waals surface area contributed by atoms with Crippen LogP contribution in [0.5, 0.6) is 0 Å². The molecule has 0 unspecified atom stereocenters. The number of hydrogen-bond donors (Lipinski definition) is 0. The Kier molecular flexibility index (Phi) is 5.80. The van der Waals surface area contributed by atoms with Crippen LogP contribution >= 0.6 is 23.2 Å². The van der Waals surface area contributed by atoms with Crippen LogP contribution in [-0.2, 0) is 11.3 Å². The number of hydrogen-bond acceptors (Lipinski definition) is 3. The normalized spacial score (nSPS) is 10.7. The SMILES string of the molecule is CCCCOCCn1ncc(Cl)c(Cl)c1=O. The van der Waals surface area contributed by atoms with Crippen molar-refractivity contribution in [3.8, 4) is 0 Å². The minimum absolute atomic E-state index is 0.00484. The van der Waals surface area contributed by atoms with Gasteiger partial charge in [0, 0.05) is 6.61 Å². The largest absolute Gasteiger partial charge is 0.380 e. The molecule has 0 saturated carbocycles. The highest BCUT2D eigenvalue weighted by Gasteiger charge is 2.06. The minimum atomic E-state index is -0.381. The van der Waals surface area contributed by atoms with E-state index in [-0.39, 0.29) is 15.6 Å². The molecular formula is C10H14Cl2N2O2. The van der Waals surface area contributed by atoms with Crippen LogP contribution in [0.1, 0.15) is 19.8 Å². The van der Waals surface area contributed by atoms with Gasteiger partial charge >= 0.3 is 0 Å². The molecule has 0 aliphatic heterocycles. The van der Waals surface area contributed by atoms with E-state index in [0.29, 0.717) is 19.8 Å². The lowest BCUT2D eigenvalue weighted by Gasteiger charge is -2.06. The van der Waals surface area contributed by atoms with Gasteiger partial charge < -0.3 is 4.74 Å². The molecular weight excluding hydrogens is 251 g/mol. The summed E-state index contributed by atoms with van der Waals surface area (Å²) in [5, 5.41) is 4.04. The number of aromatic nitrogens is 2. The Morgan fingerprint density at radius 2 is 2.19 bits per heavy atom. The lowest BCUT2D eigenvalue weighted by atomic mass is 10.4. The molecule has 0 amide bonds. The molecule has 16 heavy (non-hydrogen) atoms. The molecule has 0 bridgehead atoms. The topological polar surface area (TPSA) is 44.1 Å². The van der Waals surface area contributed by atoms with Gasteiger partial charge in [-0.2, -0.15) is 5.10 Å². The lowest BCUT2D eigenvalue weighted by molar-refractivity contribution is 0.120. The summed E-state index contributed by atoms with van der Waals surface area (Å²) >= 11 is 11.3. The van der Waals surface area contributed by atoms with Gasteiger partial charge in [0.2, 0.25) is 0 Å². The van der Waals surface area contributed by atoms with E-state index < -0.39 is 0 Å². The summed E-state index contributed by atoms with van der Waals surface area (Å²) in [6.45, 7) is 3.63. The average molecular weight is 265 g/mol. The Morgan fingerprint density at radius 3 is 2.88 bits per heavy atom. The summed E-state index contributed by atoms with van der Waals surface area (Å²) in [5.41, 5.74) is -0.381. The number of nitrogens with zero attached hydrogens (tertiary/aromatic N) is 2. The van der Waals surface area contributed by atoms with Gasteiger partial charge in [-0.05, 0) is 6.42 Å².